The lowest BCUT2D eigenvalue weighted by Crippen LogP contribution is -2.41. The van der Waals surface area contributed by atoms with Crippen LogP contribution in [0.1, 0.15) is 12.0 Å². The smallest absolute Gasteiger partial charge is 0.175 e. The van der Waals surface area contributed by atoms with E-state index in [-0.39, 0.29) is 6.61 Å². The molecule has 7 heteroatoms. The number of hydrogen-bond donors (Lipinski definition) is 2. The molecule has 0 fully saturated rings. The molecular weight excluding hydrogens is 310 g/mol. The highest BCUT2D eigenvalue weighted by Gasteiger charge is 2.26. The SMILES string of the molecule is CSc1nnc(SCCC(N)(CO)c2ccccc2)s1. The van der Waals surface area contributed by atoms with Gasteiger partial charge < -0.3 is 10.8 Å². The van der Waals surface area contributed by atoms with Crippen molar-refractivity contribution in [3.05, 3.63) is 35.9 Å². The summed E-state index contributed by atoms with van der Waals surface area (Å²) in [5.41, 5.74) is 6.58. The van der Waals surface area contributed by atoms with Gasteiger partial charge in [-0.15, -0.1) is 10.2 Å². The molecule has 0 aliphatic carbocycles. The summed E-state index contributed by atoms with van der Waals surface area (Å²) in [5.74, 6) is 0.801. The maximum Gasteiger partial charge on any atom is 0.175 e. The summed E-state index contributed by atoms with van der Waals surface area (Å²) in [5, 5.41) is 17.8. The lowest BCUT2D eigenvalue weighted by molar-refractivity contribution is 0.193. The van der Waals surface area contributed by atoms with E-state index in [4.69, 9.17) is 5.73 Å². The number of hydrogen-bond acceptors (Lipinski definition) is 7. The van der Waals surface area contributed by atoms with Gasteiger partial charge in [-0.25, -0.2) is 0 Å². The van der Waals surface area contributed by atoms with Crippen molar-refractivity contribution in [3.8, 4) is 0 Å². The lowest BCUT2D eigenvalue weighted by atomic mass is 9.89. The Morgan fingerprint density at radius 3 is 2.55 bits per heavy atom. The van der Waals surface area contributed by atoms with Gasteiger partial charge in [-0.1, -0.05) is 65.2 Å². The molecule has 1 unspecified atom stereocenters. The third kappa shape index (κ3) is 3.95. The van der Waals surface area contributed by atoms with Crippen LogP contribution >= 0.6 is 34.9 Å². The highest BCUT2D eigenvalue weighted by atomic mass is 32.2. The van der Waals surface area contributed by atoms with E-state index in [9.17, 15) is 5.11 Å². The topological polar surface area (TPSA) is 72.0 Å². The maximum atomic E-state index is 9.62. The second kappa shape index (κ2) is 7.42. The van der Waals surface area contributed by atoms with Gasteiger partial charge in [-0.3, -0.25) is 0 Å². The number of thioether (sulfide) groups is 2. The van der Waals surface area contributed by atoms with Gasteiger partial charge in [-0.2, -0.15) is 0 Å². The fourth-order valence-corrected chi connectivity index (χ4v) is 4.37. The zero-order valence-corrected chi connectivity index (χ0v) is 13.6. The van der Waals surface area contributed by atoms with Crippen molar-refractivity contribution >= 4 is 34.9 Å². The number of aromatic nitrogens is 2. The van der Waals surface area contributed by atoms with Crippen LogP contribution in [0.15, 0.2) is 39.0 Å². The van der Waals surface area contributed by atoms with Crippen LogP contribution in [0, 0.1) is 0 Å². The molecule has 1 heterocycles. The summed E-state index contributed by atoms with van der Waals surface area (Å²) in [7, 11) is 0. The first-order valence-electron chi connectivity index (χ1n) is 6.13. The lowest BCUT2D eigenvalue weighted by Gasteiger charge is -2.27. The van der Waals surface area contributed by atoms with E-state index in [2.05, 4.69) is 10.2 Å². The van der Waals surface area contributed by atoms with E-state index in [1.165, 1.54) is 0 Å². The minimum Gasteiger partial charge on any atom is -0.394 e. The zero-order valence-electron chi connectivity index (χ0n) is 11.2. The van der Waals surface area contributed by atoms with Crippen molar-refractivity contribution in [1.29, 1.82) is 0 Å². The molecule has 2 aromatic rings. The van der Waals surface area contributed by atoms with Crippen LogP contribution in [0.25, 0.3) is 0 Å². The van der Waals surface area contributed by atoms with Crippen molar-refractivity contribution in [2.24, 2.45) is 5.73 Å². The van der Waals surface area contributed by atoms with Gasteiger partial charge in [0.25, 0.3) is 0 Å². The average Bonchev–Trinajstić information content (AvgIpc) is 2.96. The fraction of sp³-hybridized carbons (Fsp3) is 0.385. The highest BCUT2D eigenvalue weighted by molar-refractivity contribution is 8.02. The molecule has 0 radical (unpaired) electrons. The largest absolute Gasteiger partial charge is 0.394 e. The van der Waals surface area contributed by atoms with Crippen LogP contribution < -0.4 is 5.73 Å². The first-order valence-corrected chi connectivity index (χ1v) is 9.16. The number of benzene rings is 1. The molecular formula is C13H17N3OS3. The first-order chi connectivity index (χ1) is 9.68. The summed E-state index contributed by atoms with van der Waals surface area (Å²) in [4.78, 5) is 0. The minimum atomic E-state index is -0.693. The Labute approximate surface area is 131 Å². The maximum absolute atomic E-state index is 9.62. The molecule has 0 amide bonds. The molecule has 1 atom stereocenters. The summed E-state index contributed by atoms with van der Waals surface area (Å²) in [6, 6.07) is 9.74. The Bertz CT molecular complexity index is 535. The molecule has 3 N–H and O–H groups in total. The molecule has 0 saturated carbocycles. The Morgan fingerprint density at radius 1 is 1.25 bits per heavy atom. The van der Waals surface area contributed by atoms with E-state index >= 15 is 0 Å². The van der Waals surface area contributed by atoms with Crippen LogP contribution in [0.4, 0.5) is 0 Å². The molecule has 108 valence electrons. The Hall–Kier alpha value is -0.600. The third-order valence-corrected chi connectivity index (χ3v) is 6.00. The fourth-order valence-electron chi connectivity index (χ4n) is 1.74. The Balaban J connectivity index is 1.94. The van der Waals surface area contributed by atoms with Gasteiger partial charge in [0.2, 0.25) is 0 Å². The number of aliphatic hydroxyl groups excluding tert-OH is 1. The van der Waals surface area contributed by atoms with Crippen LogP contribution in [0.5, 0.6) is 0 Å². The van der Waals surface area contributed by atoms with Gasteiger partial charge in [0.05, 0.1) is 12.1 Å². The summed E-state index contributed by atoms with van der Waals surface area (Å²) < 4.78 is 1.92. The van der Waals surface area contributed by atoms with Crippen LogP contribution in [0.2, 0.25) is 0 Å². The molecule has 0 bridgehead atoms. The van der Waals surface area contributed by atoms with E-state index in [0.717, 1.165) is 20.0 Å². The summed E-state index contributed by atoms with van der Waals surface area (Å²) >= 11 is 4.82. The number of nitrogens with two attached hydrogens (primary N) is 1. The van der Waals surface area contributed by atoms with Gasteiger partial charge in [0.1, 0.15) is 0 Å². The van der Waals surface area contributed by atoms with Crippen molar-refractivity contribution in [1.82, 2.24) is 10.2 Å². The van der Waals surface area contributed by atoms with E-state index in [1.54, 1.807) is 34.9 Å². The standard InChI is InChI=1S/C13H17N3OS3/c1-18-11-15-16-12(20-11)19-8-7-13(14,9-17)10-5-3-2-4-6-10/h2-6,17H,7-9,14H2,1H3. The van der Waals surface area contributed by atoms with Crippen LogP contribution in [-0.4, -0.2) is 33.9 Å². The predicted molar refractivity (Wildman–Crippen MR) is 86.4 cm³/mol. The van der Waals surface area contributed by atoms with Crippen molar-refractivity contribution in [3.63, 3.8) is 0 Å². The summed E-state index contributed by atoms with van der Waals surface area (Å²) in [6.45, 7) is -0.0657. The number of aliphatic hydroxyl groups is 1. The number of rotatable bonds is 7. The van der Waals surface area contributed by atoms with Gasteiger partial charge in [-0.05, 0) is 18.2 Å². The van der Waals surface area contributed by atoms with Crippen LogP contribution in [0.3, 0.4) is 0 Å². The minimum absolute atomic E-state index is 0.0657. The molecule has 2 rings (SSSR count). The molecule has 1 aromatic carbocycles. The zero-order chi connectivity index (χ0) is 14.4. The Morgan fingerprint density at radius 2 is 1.95 bits per heavy atom. The van der Waals surface area contributed by atoms with Crippen molar-refractivity contribution in [2.45, 2.75) is 20.6 Å². The van der Waals surface area contributed by atoms with Gasteiger partial charge in [0, 0.05) is 5.75 Å². The number of nitrogens with zero attached hydrogens (tertiary/aromatic N) is 2. The molecule has 20 heavy (non-hydrogen) atoms. The quantitative estimate of drug-likeness (QED) is 0.762. The highest BCUT2D eigenvalue weighted by Crippen LogP contribution is 2.30. The third-order valence-electron chi connectivity index (χ3n) is 2.97. The van der Waals surface area contributed by atoms with Crippen molar-refractivity contribution < 1.29 is 5.11 Å². The van der Waals surface area contributed by atoms with Crippen LogP contribution in [-0.2, 0) is 5.54 Å². The van der Waals surface area contributed by atoms with Crippen molar-refractivity contribution in [2.75, 3.05) is 18.6 Å². The van der Waals surface area contributed by atoms with Gasteiger partial charge in [0.15, 0.2) is 8.68 Å². The van der Waals surface area contributed by atoms with Gasteiger partial charge >= 0.3 is 0 Å². The molecule has 1 aromatic heterocycles. The van der Waals surface area contributed by atoms with E-state index in [1.807, 2.05) is 36.6 Å². The average molecular weight is 328 g/mol. The predicted octanol–water partition coefficient (Wildman–Crippen LogP) is 2.59. The molecule has 4 nitrogen and oxygen atoms in total. The van der Waals surface area contributed by atoms with E-state index < -0.39 is 5.54 Å². The molecule has 0 spiro atoms. The first kappa shape index (κ1) is 15.8. The summed E-state index contributed by atoms with van der Waals surface area (Å²) in [6.07, 6.45) is 2.67. The molecule has 0 saturated heterocycles. The second-order valence-electron chi connectivity index (χ2n) is 4.32. The molecule has 0 aliphatic rings. The van der Waals surface area contributed by atoms with E-state index in [0.29, 0.717) is 6.42 Å². The normalized spacial score (nSPS) is 14.2. The monoisotopic (exact) mass is 327 g/mol. The second-order valence-corrected chi connectivity index (χ2v) is 7.69. The Kier molecular flexibility index (Phi) is 5.86. The molecule has 0 aliphatic heterocycles.